The molecule has 1 atom stereocenters. The van der Waals surface area contributed by atoms with Gasteiger partial charge in [0.25, 0.3) is 5.91 Å². The number of H-pyrrole nitrogens is 1. The maximum absolute atomic E-state index is 13.6. The molecule has 1 aliphatic heterocycles. The SMILES string of the molecule is CC(C)(C)c1ncc(C(=O)N2CCc3[nH]cnc3[C@H]2c2nc3cc(F)ccc3o2)o1. The molecule has 154 valence electrons. The molecular formula is C21H20FN5O3. The van der Waals surface area contributed by atoms with Crippen LogP contribution in [0.15, 0.2) is 39.6 Å². The van der Waals surface area contributed by atoms with Crippen LogP contribution < -0.4 is 0 Å². The Morgan fingerprint density at radius 3 is 2.87 bits per heavy atom. The van der Waals surface area contributed by atoms with Crippen molar-refractivity contribution in [2.45, 2.75) is 38.6 Å². The van der Waals surface area contributed by atoms with Crippen molar-refractivity contribution < 1.29 is 18.0 Å². The monoisotopic (exact) mass is 409 g/mol. The molecule has 30 heavy (non-hydrogen) atoms. The van der Waals surface area contributed by atoms with E-state index in [4.69, 9.17) is 8.83 Å². The van der Waals surface area contributed by atoms with Crippen LogP contribution in [0.2, 0.25) is 0 Å². The summed E-state index contributed by atoms with van der Waals surface area (Å²) in [7, 11) is 0. The molecule has 0 radical (unpaired) electrons. The van der Waals surface area contributed by atoms with Crippen molar-refractivity contribution in [3.63, 3.8) is 0 Å². The smallest absolute Gasteiger partial charge is 0.292 e. The summed E-state index contributed by atoms with van der Waals surface area (Å²) < 4.78 is 25.3. The van der Waals surface area contributed by atoms with Crippen molar-refractivity contribution in [1.29, 1.82) is 0 Å². The molecule has 1 amide bonds. The van der Waals surface area contributed by atoms with E-state index < -0.39 is 11.9 Å². The molecule has 0 bridgehead atoms. The van der Waals surface area contributed by atoms with Crippen LogP contribution in [0.4, 0.5) is 4.39 Å². The summed E-state index contributed by atoms with van der Waals surface area (Å²) in [6.07, 6.45) is 3.63. The Balaban J connectivity index is 1.58. The number of imidazole rings is 1. The lowest BCUT2D eigenvalue weighted by molar-refractivity contribution is 0.0631. The molecule has 0 saturated heterocycles. The van der Waals surface area contributed by atoms with Crippen LogP contribution in [0.3, 0.4) is 0 Å². The second-order valence-electron chi connectivity index (χ2n) is 8.36. The number of carbonyl (C=O) groups is 1. The molecule has 0 unspecified atom stereocenters. The number of aromatic amines is 1. The van der Waals surface area contributed by atoms with E-state index in [1.165, 1.54) is 24.4 Å². The molecule has 0 fully saturated rings. The van der Waals surface area contributed by atoms with Crippen LogP contribution in [-0.4, -0.2) is 37.3 Å². The van der Waals surface area contributed by atoms with Gasteiger partial charge >= 0.3 is 0 Å². The van der Waals surface area contributed by atoms with Crippen molar-refractivity contribution in [3.05, 3.63) is 65.5 Å². The summed E-state index contributed by atoms with van der Waals surface area (Å²) in [5.41, 5.74) is 2.06. The van der Waals surface area contributed by atoms with E-state index in [2.05, 4.69) is 19.9 Å². The summed E-state index contributed by atoms with van der Waals surface area (Å²) in [6, 6.07) is 3.47. The van der Waals surface area contributed by atoms with E-state index >= 15 is 0 Å². The zero-order chi connectivity index (χ0) is 21.0. The first-order valence-electron chi connectivity index (χ1n) is 9.66. The normalized spacial score (nSPS) is 16.8. The summed E-state index contributed by atoms with van der Waals surface area (Å²) >= 11 is 0. The number of hydrogen-bond acceptors (Lipinski definition) is 6. The molecule has 0 spiro atoms. The maximum Gasteiger partial charge on any atom is 0.292 e. The van der Waals surface area contributed by atoms with Gasteiger partial charge in [0, 0.05) is 30.1 Å². The highest BCUT2D eigenvalue weighted by atomic mass is 19.1. The standard InChI is InChI=1S/C21H20FN5O3/c1-21(2,3)20-23-9-15(30-20)19(28)27-7-6-12-16(25-10-24-12)17(27)18-26-13-8-11(22)4-5-14(13)29-18/h4-5,8-10,17H,6-7H2,1-3H3,(H,24,25)/t17-/m0/s1. The van der Waals surface area contributed by atoms with Gasteiger partial charge in [-0.1, -0.05) is 20.8 Å². The van der Waals surface area contributed by atoms with Gasteiger partial charge in [-0.3, -0.25) is 4.79 Å². The second kappa shape index (κ2) is 6.51. The molecule has 0 saturated carbocycles. The molecule has 1 N–H and O–H groups in total. The number of fused-ring (bicyclic) bond motifs is 2. The van der Waals surface area contributed by atoms with Crippen LogP contribution >= 0.6 is 0 Å². The molecule has 1 aliphatic rings. The first-order chi connectivity index (χ1) is 14.3. The molecule has 8 nitrogen and oxygen atoms in total. The first-order valence-corrected chi connectivity index (χ1v) is 9.66. The second-order valence-corrected chi connectivity index (χ2v) is 8.36. The van der Waals surface area contributed by atoms with Gasteiger partial charge in [-0.2, -0.15) is 0 Å². The summed E-state index contributed by atoms with van der Waals surface area (Å²) in [5, 5.41) is 0. The van der Waals surface area contributed by atoms with Gasteiger partial charge in [0.1, 0.15) is 11.3 Å². The first kappa shape index (κ1) is 18.5. The fourth-order valence-corrected chi connectivity index (χ4v) is 3.64. The van der Waals surface area contributed by atoms with Gasteiger partial charge in [0.05, 0.1) is 18.2 Å². The van der Waals surface area contributed by atoms with Crippen molar-refractivity contribution in [2.75, 3.05) is 6.54 Å². The van der Waals surface area contributed by atoms with Crippen molar-refractivity contribution >= 4 is 17.0 Å². The molecule has 4 aromatic rings. The predicted octanol–water partition coefficient (Wildman–Crippen LogP) is 3.76. The van der Waals surface area contributed by atoms with E-state index in [0.29, 0.717) is 35.6 Å². The number of amides is 1. The molecular weight excluding hydrogens is 389 g/mol. The molecule has 0 aliphatic carbocycles. The fourth-order valence-electron chi connectivity index (χ4n) is 3.64. The van der Waals surface area contributed by atoms with Crippen LogP contribution in [0.5, 0.6) is 0 Å². The molecule has 4 heterocycles. The van der Waals surface area contributed by atoms with E-state index in [-0.39, 0.29) is 23.0 Å². The number of rotatable bonds is 2. The number of oxazole rings is 2. The highest BCUT2D eigenvalue weighted by Gasteiger charge is 2.39. The lowest BCUT2D eigenvalue weighted by Crippen LogP contribution is -2.40. The lowest BCUT2D eigenvalue weighted by Gasteiger charge is -2.32. The molecule has 3 aromatic heterocycles. The zero-order valence-electron chi connectivity index (χ0n) is 16.8. The Hall–Kier alpha value is -3.49. The Bertz CT molecular complexity index is 1250. The van der Waals surface area contributed by atoms with Crippen molar-refractivity contribution in [1.82, 2.24) is 24.8 Å². The quantitative estimate of drug-likeness (QED) is 0.541. The Morgan fingerprint density at radius 1 is 1.27 bits per heavy atom. The Morgan fingerprint density at radius 2 is 2.10 bits per heavy atom. The zero-order valence-corrected chi connectivity index (χ0v) is 16.8. The van der Waals surface area contributed by atoms with Crippen molar-refractivity contribution in [2.24, 2.45) is 0 Å². The lowest BCUT2D eigenvalue weighted by atomic mass is 9.97. The maximum atomic E-state index is 13.6. The topological polar surface area (TPSA) is 101 Å². The van der Waals surface area contributed by atoms with E-state index in [0.717, 1.165) is 5.69 Å². The molecule has 1 aromatic carbocycles. The average molecular weight is 409 g/mol. The fraction of sp³-hybridized carbons (Fsp3) is 0.333. The van der Waals surface area contributed by atoms with Gasteiger partial charge in [0.15, 0.2) is 11.6 Å². The third-order valence-corrected chi connectivity index (χ3v) is 5.14. The van der Waals surface area contributed by atoms with Crippen molar-refractivity contribution in [3.8, 4) is 0 Å². The van der Waals surface area contributed by atoms with Gasteiger partial charge in [-0.05, 0) is 12.1 Å². The van der Waals surface area contributed by atoms with Crippen LogP contribution in [-0.2, 0) is 11.8 Å². The minimum absolute atomic E-state index is 0.145. The third kappa shape index (κ3) is 2.97. The number of carbonyl (C=O) groups excluding carboxylic acids is 1. The Kier molecular flexibility index (Phi) is 4.02. The summed E-state index contributed by atoms with van der Waals surface area (Å²) in [4.78, 5) is 31.2. The van der Waals surface area contributed by atoms with Crippen LogP contribution in [0.25, 0.3) is 11.1 Å². The molecule has 5 rings (SSSR count). The van der Waals surface area contributed by atoms with Crippen LogP contribution in [0, 0.1) is 5.82 Å². The molecule has 9 heteroatoms. The number of hydrogen-bond donors (Lipinski definition) is 1. The highest BCUT2D eigenvalue weighted by Crippen LogP contribution is 2.36. The minimum Gasteiger partial charge on any atom is -0.438 e. The number of nitrogens with one attached hydrogen (secondary N) is 1. The minimum atomic E-state index is -0.661. The van der Waals surface area contributed by atoms with Gasteiger partial charge in [-0.25, -0.2) is 19.3 Å². The number of aromatic nitrogens is 4. The number of benzene rings is 1. The highest BCUT2D eigenvalue weighted by molar-refractivity contribution is 5.92. The summed E-state index contributed by atoms with van der Waals surface area (Å²) in [6.45, 7) is 6.30. The average Bonchev–Trinajstić information content (AvgIpc) is 3.43. The van der Waals surface area contributed by atoms with Crippen LogP contribution in [0.1, 0.15) is 60.5 Å². The Labute approximate surface area is 171 Å². The van der Waals surface area contributed by atoms with E-state index in [1.54, 1.807) is 11.2 Å². The van der Waals surface area contributed by atoms with E-state index in [1.807, 2.05) is 20.8 Å². The van der Waals surface area contributed by atoms with Gasteiger partial charge < -0.3 is 18.7 Å². The number of nitrogens with zero attached hydrogens (tertiary/aromatic N) is 4. The van der Waals surface area contributed by atoms with Gasteiger partial charge in [-0.15, -0.1) is 0 Å². The number of halogens is 1. The third-order valence-electron chi connectivity index (χ3n) is 5.14. The van der Waals surface area contributed by atoms with Gasteiger partial charge in [0.2, 0.25) is 17.5 Å². The summed E-state index contributed by atoms with van der Waals surface area (Å²) in [5.74, 6) is 0.164. The predicted molar refractivity (Wildman–Crippen MR) is 104 cm³/mol. The van der Waals surface area contributed by atoms with E-state index in [9.17, 15) is 9.18 Å². The largest absolute Gasteiger partial charge is 0.438 e.